The summed E-state index contributed by atoms with van der Waals surface area (Å²) >= 11 is 1.86. The Morgan fingerprint density at radius 2 is 1.07 bits per heavy atom. The van der Waals surface area contributed by atoms with Crippen LogP contribution in [0.5, 0.6) is 0 Å². The first kappa shape index (κ1) is 23.0. The van der Waals surface area contributed by atoms with Crippen LogP contribution in [0.3, 0.4) is 0 Å². The van der Waals surface area contributed by atoms with Gasteiger partial charge >= 0.3 is 0 Å². The second-order valence-corrected chi connectivity index (χ2v) is 11.3. The van der Waals surface area contributed by atoms with Gasteiger partial charge in [0.1, 0.15) is 0 Å². The number of nitrogens with zero attached hydrogens (tertiary/aromatic N) is 1. The lowest BCUT2D eigenvalue weighted by Crippen LogP contribution is -2.11. The number of rotatable bonds is 4. The van der Waals surface area contributed by atoms with Crippen molar-refractivity contribution in [2.24, 2.45) is 0 Å². The summed E-state index contributed by atoms with van der Waals surface area (Å²) in [6.45, 7) is 0. The van der Waals surface area contributed by atoms with Gasteiger partial charge in [-0.25, -0.2) is 0 Å². The third-order valence-corrected chi connectivity index (χ3v) is 8.97. The zero-order valence-electron chi connectivity index (χ0n) is 21.8. The highest BCUT2D eigenvalue weighted by Crippen LogP contribution is 2.46. The molecule has 1 heterocycles. The summed E-state index contributed by atoms with van der Waals surface area (Å²) in [5, 5.41) is 7.59. The van der Waals surface area contributed by atoms with Gasteiger partial charge in [0.25, 0.3) is 0 Å². The first-order valence-corrected chi connectivity index (χ1v) is 14.4. The van der Waals surface area contributed by atoms with Gasteiger partial charge in [0, 0.05) is 37.1 Å². The summed E-state index contributed by atoms with van der Waals surface area (Å²) in [6, 6.07) is 55.1. The predicted octanol–water partition coefficient (Wildman–Crippen LogP) is 11.5. The largest absolute Gasteiger partial charge is 0.310 e. The van der Waals surface area contributed by atoms with Crippen molar-refractivity contribution in [3.63, 3.8) is 0 Å². The third-order valence-electron chi connectivity index (χ3n) is 7.82. The second-order valence-electron chi connectivity index (χ2n) is 10.2. The Labute approximate surface area is 237 Å². The van der Waals surface area contributed by atoms with Crippen molar-refractivity contribution in [1.82, 2.24) is 0 Å². The minimum absolute atomic E-state index is 1.14. The molecule has 0 fully saturated rings. The van der Waals surface area contributed by atoms with Crippen molar-refractivity contribution < 1.29 is 0 Å². The molecule has 0 unspecified atom stereocenters. The molecule has 188 valence electrons. The van der Waals surface area contributed by atoms with Gasteiger partial charge in [0.15, 0.2) is 0 Å². The number of hydrogen-bond acceptors (Lipinski definition) is 2. The van der Waals surface area contributed by atoms with Crippen LogP contribution in [0.15, 0.2) is 152 Å². The van der Waals surface area contributed by atoms with Crippen molar-refractivity contribution >= 4 is 70.1 Å². The van der Waals surface area contributed by atoms with E-state index in [0.717, 1.165) is 11.4 Å². The zero-order chi connectivity index (χ0) is 26.5. The van der Waals surface area contributed by atoms with E-state index in [2.05, 4.69) is 157 Å². The van der Waals surface area contributed by atoms with Crippen molar-refractivity contribution in [1.29, 1.82) is 0 Å². The van der Waals surface area contributed by atoms with Crippen LogP contribution in [-0.2, 0) is 0 Å². The normalized spacial score (nSPS) is 11.5. The third kappa shape index (κ3) is 3.77. The molecule has 0 aliphatic heterocycles. The molecule has 0 amide bonds. The van der Waals surface area contributed by atoms with Crippen LogP contribution < -0.4 is 4.90 Å². The maximum absolute atomic E-state index is 2.42. The van der Waals surface area contributed by atoms with E-state index in [1.54, 1.807) is 0 Å². The number of anilines is 3. The number of hydrogen-bond donors (Lipinski definition) is 0. The highest BCUT2D eigenvalue weighted by atomic mass is 32.1. The topological polar surface area (TPSA) is 3.24 Å². The van der Waals surface area contributed by atoms with Crippen LogP contribution in [0.1, 0.15) is 0 Å². The molecule has 0 N–H and O–H groups in total. The molecule has 0 aliphatic carbocycles. The standard InChI is InChI=1S/C38H25NS/c1-2-13-30(14-3-1)39(31-21-23-37-34(25-31)33-16-8-9-17-36(33)40-37)35-22-20-27-11-6-7-15-32(27)38(35)29-19-18-26-10-4-5-12-28(26)24-29/h1-25H. The van der Waals surface area contributed by atoms with Crippen LogP contribution >= 0.6 is 11.3 Å². The molecular formula is C38H25NS. The highest BCUT2D eigenvalue weighted by Gasteiger charge is 2.20. The summed E-state index contributed by atoms with van der Waals surface area (Å²) in [5.74, 6) is 0. The van der Waals surface area contributed by atoms with E-state index in [-0.39, 0.29) is 0 Å². The predicted molar refractivity (Wildman–Crippen MR) is 174 cm³/mol. The average molecular weight is 528 g/mol. The fourth-order valence-corrected chi connectivity index (χ4v) is 7.04. The molecule has 0 spiro atoms. The Balaban J connectivity index is 1.44. The van der Waals surface area contributed by atoms with E-state index in [1.807, 2.05) is 11.3 Å². The van der Waals surface area contributed by atoms with Crippen molar-refractivity contribution in [3.8, 4) is 11.1 Å². The number of benzene rings is 7. The molecule has 8 rings (SSSR count). The van der Waals surface area contributed by atoms with E-state index >= 15 is 0 Å². The van der Waals surface area contributed by atoms with Gasteiger partial charge in [-0.1, -0.05) is 103 Å². The second kappa shape index (κ2) is 9.37. The van der Waals surface area contributed by atoms with E-state index in [9.17, 15) is 0 Å². The van der Waals surface area contributed by atoms with Crippen LogP contribution in [0.2, 0.25) is 0 Å². The maximum Gasteiger partial charge on any atom is 0.0546 e. The van der Waals surface area contributed by atoms with Gasteiger partial charge in [-0.15, -0.1) is 11.3 Å². The number of para-hydroxylation sites is 1. The molecule has 0 radical (unpaired) electrons. The molecule has 0 saturated carbocycles. The average Bonchev–Trinajstić information content (AvgIpc) is 3.39. The highest BCUT2D eigenvalue weighted by molar-refractivity contribution is 7.25. The number of fused-ring (bicyclic) bond motifs is 5. The van der Waals surface area contributed by atoms with Gasteiger partial charge in [-0.3, -0.25) is 0 Å². The lowest BCUT2D eigenvalue weighted by atomic mass is 9.93. The van der Waals surface area contributed by atoms with E-state index < -0.39 is 0 Å². The summed E-state index contributed by atoms with van der Waals surface area (Å²) in [4.78, 5) is 2.42. The molecule has 0 aliphatic rings. The minimum Gasteiger partial charge on any atom is -0.310 e. The lowest BCUT2D eigenvalue weighted by molar-refractivity contribution is 1.30. The van der Waals surface area contributed by atoms with Crippen molar-refractivity contribution in [2.45, 2.75) is 0 Å². The Morgan fingerprint density at radius 3 is 1.95 bits per heavy atom. The molecule has 40 heavy (non-hydrogen) atoms. The Kier molecular flexibility index (Phi) is 5.39. The maximum atomic E-state index is 2.42. The monoisotopic (exact) mass is 527 g/mol. The first-order valence-electron chi connectivity index (χ1n) is 13.6. The van der Waals surface area contributed by atoms with Gasteiger partial charge in [-0.2, -0.15) is 0 Å². The van der Waals surface area contributed by atoms with E-state index in [4.69, 9.17) is 0 Å². The fourth-order valence-electron chi connectivity index (χ4n) is 5.95. The SMILES string of the molecule is c1ccc(N(c2ccc3sc4ccccc4c3c2)c2ccc3ccccc3c2-c2ccc3ccccc3c2)cc1. The smallest absolute Gasteiger partial charge is 0.0546 e. The molecule has 7 aromatic carbocycles. The van der Waals surface area contributed by atoms with Crippen LogP contribution in [0, 0.1) is 0 Å². The quantitative estimate of drug-likeness (QED) is 0.220. The molecule has 0 atom stereocenters. The molecule has 0 bridgehead atoms. The van der Waals surface area contributed by atoms with Gasteiger partial charge in [0.05, 0.1) is 5.69 Å². The number of thiophene rings is 1. The minimum atomic E-state index is 1.14. The van der Waals surface area contributed by atoms with Gasteiger partial charge in [0.2, 0.25) is 0 Å². The van der Waals surface area contributed by atoms with Gasteiger partial charge in [-0.05, 0) is 75.6 Å². The Hall–Kier alpha value is -4.92. The lowest BCUT2D eigenvalue weighted by Gasteiger charge is -2.29. The molecule has 2 heteroatoms. The first-order chi connectivity index (χ1) is 19.8. The molecule has 1 aromatic heterocycles. The Bertz CT molecular complexity index is 2170. The summed E-state index contributed by atoms with van der Waals surface area (Å²) in [7, 11) is 0. The van der Waals surface area contributed by atoms with Crippen LogP contribution in [0.4, 0.5) is 17.1 Å². The molecular weight excluding hydrogens is 502 g/mol. The molecule has 1 nitrogen and oxygen atoms in total. The summed E-state index contributed by atoms with van der Waals surface area (Å²) in [6.07, 6.45) is 0. The van der Waals surface area contributed by atoms with Gasteiger partial charge < -0.3 is 4.90 Å². The summed E-state index contributed by atoms with van der Waals surface area (Å²) < 4.78 is 2.63. The van der Waals surface area contributed by atoms with Crippen molar-refractivity contribution in [3.05, 3.63) is 152 Å². The Morgan fingerprint density at radius 1 is 0.400 bits per heavy atom. The van der Waals surface area contributed by atoms with E-state index in [0.29, 0.717) is 0 Å². The van der Waals surface area contributed by atoms with Crippen LogP contribution in [-0.4, -0.2) is 0 Å². The molecule has 8 aromatic rings. The fraction of sp³-hybridized carbons (Fsp3) is 0. The van der Waals surface area contributed by atoms with Crippen molar-refractivity contribution in [2.75, 3.05) is 4.90 Å². The zero-order valence-corrected chi connectivity index (χ0v) is 22.6. The van der Waals surface area contributed by atoms with E-state index in [1.165, 1.54) is 58.5 Å². The molecule has 0 saturated heterocycles. The summed E-state index contributed by atoms with van der Waals surface area (Å²) in [5.41, 5.74) is 5.91. The van der Waals surface area contributed by atoms with Crippen LogP contribution in [0.25, 0.3) is 52.8 Å².